The molecule has 0 aliphatic rings. The lowest BCUT2D eigenvalue weighted by Gasteiger charge is -2.12. The maximum atomic E-state index is 5.63. The summed E-state index contributed by atoms with van der Waals surface area (Å²) in [6, 6.07) is 24.5. The fourth-order valence-electron chi connectivity index (χ4n) is 4.14. The first-order valence-electron chi connectivity index (χ1n) is 11.8. The van der Waals surface area contributed by atoms with E-state index < -0.39 is 0 Å². The third-order valence-electron chi connectivity index (χ3n) is 5.83. The number of tetrazole rings is 1. The van der Waals surface area contributed by atoms with Crippen molar-refractivity contribution in [2.24, 2.45) is 0 Å². The molecule has 5 rings (SSSR count). The van der Waals surface area contributed by atoms with E-state index in [1.807, 2.05) is 60.1 Å². The quantitative estimate of drug-likeness (QED) is 0.261. The molecular weight excluding hydrogens is 470 g/mol. The van der Waals surface area contributed by atoms with Gasteiger partial charge >= 0.3 is 0 Å². The van der Waals surface area contributed by atoms with Gasteiger partial charge in [0.15, 0.2) is 11.0 Å². The number of aryl methyl sites for hydroxylation is 2. The minimum Gasteiger partial charge on any atom is -0.494 e. The summed E-state index contributed by atoms with van der Waals surface area (Å²) < 4.78 is 9.55. The van der Waals surface area contributed by atoms with Crippen molar-refractivity contribution in [1.82, 2.24) is 35.0 Å². The number of nitrogens with zero attached hydrogens (tertiary/aromatic N) is 7. The van der Waals surface area contributed by atoms with Crippen LogP contribution >= 0.6 is 11.8 Å². The van der Waals surface area contributed by atoms with E-state index in [9.17, 15) is 0 Å². The summed E-state index contributed by atoms with van der Waals surface area (Å²) in [7, 11) is 0. The second-order valence-corrected chi connectivity index (χ2v) is 9.30. The van der Waals surface area contributed by atoms with Crippen molar-refractivity contribution in [2.75, 3.05) is 6.61 Å². The Hall–Kier alpha value is -3.98. The average molecular weight is 498 g/mol. The monoisotopic (exact) mass is 497 g/mol. The van der Waals surface area contributed by atoms with Crippen LogP contribution in [0.5, 0.6) is 5.75 Å². The molecule has 0 amide bonds. The lowest BCUT2D eigenvalue weighted by molar-refractivity contribution is 0.340. The summed E-state index contributed by atoms with van der Waals surface area (Å²) in [6.07, 6.45) is 0.668. The molecule has 5 aromatic rings. The molecule has 0 aliphatic carbocycles. The van der Waals surface area contributed by atoms with Crippen molar-refractivity contribution in [3.8, 4) is 17.1 Å². The lowest BCUT2D eigenvalue weighted by Crippen LogP contribution is -2.07. The third-order valence-corrected chi connectivity index (χ3v) is 6.75. The summed E-state index contributed by atoms with van der Waals surface area (Å²) in [5.41, 5.74) is 5.40. The molecule has 3 aromatic carbocycles. The first kappa shape index (κ1) is 23.7. The van der Waals surface area contributed by atoms with Gasteiger partial charge in [-0.15, -0.1) is 15.3 Å². The van der Waals surface area contributed by atoms with Crippen LogP contribution in [0.15, 0.2) is 78.0 Å². The molecule has 9 heteroatoms. The summed E-state index contributed by atoms with van der Waals surface area (Å²) >= 11 is 1.56. The van der Waals surface area contributed by atoms with Gasteiger partial charge in [0, 0.05) is 12.1 Å². The van der Waals surface area contributed by atoms with Gasteiger partial charge in [0.1, 0.15) is 11.6 Å². The molecule has 2 aromatic heterocycles. The maximum absolute atomic E-state index is 5.63. The second-order valence-electron chi connectivity index (χ2n) is 8.36. The van der Waals surface area contributed by atoms with E-state index in [0.29, 0.717) is 18.8 Å². The van der Waals surface area contributed by atoms with Gasteiger partial charge < -0.3 is 4.74 Å². The second kappa shape index (κ2) is 10.7. The van der Waals surface area contributed by atoms with E-state index in [2.05, 4.69) is 68.4 Å². The third kappa shape index (κ3) is 5.01. The fraction of sp³-hybridized carbons (Fsp3) is 0.222. The van der Waals surface area contributed by atoms with Gasteiger partial charge in [0.2, 0.25) is 0 Å². The molecule has 0 N–H and O–H groups in total. The van der Waals surface area contributed by atoms with Gasteiger partial charge in [-0.25, -0.2) is 0 Å². The van der Waals surface area contributed by atoms with E-state index in [1.165, 1.54) is 5.56 Å². The maximum Gasteiger partial charge on any atom is 0.196 e. The fourth-order valence-corrected chi connectivity index (χ4v) is 5.02. The molecule has 36 heavy (non-hydrogen) atoms. The van der Waals surface area contributed by atoms with Crippen molar-refractivity contribution >= 4 is 11.8 Å². The Bertz CT molecular complexity index is 1420. The highest BCUT2D eigenvalue weighted by Gasteiger charge is 2.18. The van der Waals surface area contributed by atoms with Crippen LogP contribution in [0.3, 0.4) is 0 Å². The van der Waals surface area contributed by atoms with E-state index in [-0.39, 0.29) is 0 Å². The zero-order chi connectivity index (χ0) is 24.9. The van der Waals surface area contributed by atoms with E-state index >= 15 is 0 Å². The van der Waals surface area contributed by atoms with Crippen molar-refractivity contribution in [3.05, 3.63) is 101 Å². The molecule has 0 atom stereocenters. The molecule has 0 spiro atoms. The molecule has 0 saturated heterocycles. The normalized spacial score (nSPS) is 11.1. The van der Waals surface area contributed by atoms with Crippen molar-refractivity contribution in [2.45, 2.75) is 38.1 Å². The molecule has 8 nitrogen and oxygen atoms in total. The Morgan fingerprint density at radius 1 is 0.806 bits per heavy atom. The molecule has 0 saturated carbocycles. The molecule has 0 aliphatic heterocycles. The first-order chi connectivity index (χ1) is 17.6. The molecular formula is C27H27N7OS. The van der Waals surface area contributed by atoms with Gasteiger partial charge in [-0.3, -0.25) is 4.57 Å². The minimum absolute atomic E-state index is 0.543. The topological polar surface area (TPSA) is 83.5 Å². The Balaban J connectivity index is 1.47. The van der Waals surface area contributed by atoms with Gasteiger partial charge in [0.05, 0.1) is 18.0 Å². The molecule has 2 heterocycles. The Labute approximate surface area is 214 Å². The number of hydrogen-bond donors (Lipinski definition) is 0. The highest BCUT2D eigenvalue weighted by molar-refractivity contribution is 7.98. The number of ether oxygens (including phenoxy) is 1. The van der Waals surface area contributed by atoms with Crippen LogP contribution in [0.4, 0.5) is 0 Å². The van der Waals surface area contributed by atoms with E-state index in [1.54, 1.807) is 11.8 Å². The largest absolute Gasteiger partial charge is 0.494 e. The standard InChI is InChI=1S/C27H27N7OS/c1-4-35-23-15-13-22(14-16-23)33-24(17-21-11-6-5-7-12-21)28-30-27(33)36-18-25-29-31-32-34(25)26-19(2)9-8-10-20(26)3/h5-16H,4,17-18H2,1-3H3. The summed E-state index contributed by atoms with van der Waals surface area (Å²) in [6.45, 7) is 6.74. The van der Waals surface area contributed by atoms with E-state index in [4.69, 9.17) is 4.74 Å². The zero-order valence-electron chi connectivity index (χ0n) is 20.5. The average Bonchev–Trinajstić information content (AvgIpc) is 3.51. The van der Waals surface area contributed by atoms with Gasteiger partial charge in [-0.2, -0.15) is 4.68 Å². The van der Waals surface area contributed by atoms with Gasteiger partial charge in [-0.05, 0) is 72.2 Å². The van der Waals surface area contributed by atoms with Crippen molar-refractivity contribution < 1.29 is 4.74 Å². The molecule has 0 radical (unpaired) electrons. The van der Waals surface area contributed by atoms with Crippen LogP contribution in [-0.4, -0.2) is 41.6 Å². The van der Waals surface area contributed by atoms with Crippen LogP contribution in [0.1, 0.15) is 35.3 Å². The van der Waals surface area contributed by atoms with Crippen molar-refractivity contribution in [3.63, 3.8) is 0 Å². The molecule has 0 unspecified atom stereocenters. The number of rotatable bonds is 9. The number of thioether (sulfide) groups is 1. The van der Waals surface area contributed by atoms with Crippen molar-refractivity contribution in [1.29, 1.82) is 0 Å². The first-order valence-corrected chi connectivity index (χ1v) is 12.8. The molecule has 0 bridgehead atoms. The molecule has 0 fully saturated rings. The zero-order valence-corrected chi connectivity index (χ0v) is 21.3. The lowest BCUT2D eigenvalue weighted by atomic mass is 10.1. The van der Waals surface area contributed by atoms with Crippen LogP contribution < -0.4 is 4.74 Å². The number of benzene rings is 3. The van der Waals surface area contributed by atoms with Gasteiger partial charge in [-0.1, -0.05) is 60.3 Å². The predicted molar refractivity (Wildman–Crippen MR) is 140 cm³/mol. The Kier molecular flexibility index (Phi) is 7.08. The van der Waals surface area contributed by atoms with E-state index in [0.717, 1.165) is 45.1 Å². The highest BCUT2D eigenvalue weighted by atomic mass is 32.2. The molecule has 182 valence electrons. The Morgan fingerprint density at radius 2 is 1.56 bits per heavy atom. The smallest absolute Gasteiger partial charge is 0.196 e. The number of para-hydroxylation sites is 1. The number of aromatic nitrogens is 7. The minimum atomic E-state index is 0.543. The summed E-state index contributed by atoms with van der Waals surface area (Å²) in [5, 5.41) is 22.4. The number of hydrogen-bond acceptors (Lipinski definition) is 7. The van der Waals surface area contributed by atoms with Crippen LogP contribution in [-0.2, 0) is 12.2 Å². The van der Waals surface area contributed by atoms with Crippen LogP contribution in [0, 0.1) is 13.8 Å². The highest BCUT2D eigenvalue weighted by Crippen LogP contribution is 2.28. The predicted octanol–water partition coefficient (Wildman–Crippen LogP) is 5.14. The van der Waals surface area contributed by atoms with Crippen LogP contribution in [0.25, 0.3) is 11.4 Å². The Morgan fingerprint density at radius 3 is 2.28 bits per heavy atom. The van der Waals surface area contributed by atoms with Crippen LogP contribution in [0.2, 0.25) is 0 Å². The summed E-state index contributed by atoms with van der Waals surface area (Å²) in [4.78, 5) is 0. The van der Waals surface area contributed by atoms with Gasteiger partial charge in [0.25, 0.3) is 0 Å². The SMILES string of the molecule is CCOc1ccc(-n2c(Cc3ccccc3)nnc2SCc2nnnn2-c2c(C)cccc2C)cc1. The summed E-state index contributed by atoms with van der Waals surface area (Å²) in [5.74, 6) is 2.99.